The molecule has 1 aromatic heterocycles. The van der Waals surface area contributed by atoms with Gasteiger partial charge < -0.3 is 9.32 Å². The molecule has 1 heterocycles. The van der Waals surface area contributed by atoms with Crippen LogP contribution < -0.4 is 4.90 Å². The second kappa shape index (κ2) is 13.2. The van der Waals surface area contributed by atoms with Crippen LogP contribution >= 0.6 is 0 Å². The number of furan rings is 1. The van der Waals surface area contributed by atoms with E-state index >= 15 is 0 Å². The van der Waals surface area contributed by atoms with E-state index in [0.29, 0.717) is 5.92 Å². The molecule has 52 heavy (non-hydrogen) atoms. The van der Waals surface area contributed by atoms with Gasteiger partial charge in [0.1, 0.15) is 11.2 Å². The summed E-state index contributed by atoms with van der Waals surface area (Å²) in [6.45, 7) is 6.84. The molecule has 0 amide bonds. The second-order valence-corrected chi connectivity index (χ2v) is 15.6. The Kier molecular flexibility index (Phi) is 8.19. The highest BCUT2D eigenvalue weighted by Crippen LogP contribution is 2.47. The summed E-state index contributed by atoms with van der Waals surface area (Å²) >= 11 is 0. The quantitative estimate of drug-likeness (QED) is 0.174. The summed E-state index contributed by atoms with van der Waals surface area (Å²) in [5.41, 5.74) is 12.9. The molecule has 0 N–H and O–H groups in total. The van der Waals surface area contributed by atoms with Crippen molar-refractivity contribution < 1.29 is 4.42 Å². The Labute approximate surface area is 307 Å². The molecule has 1 aliphatic rings. The van der Waals surface area contributed by atoms with Crippen molar-refractivity contribution in [3.63, 3.8) is 0 Å². The van der Waals surface area contributed by atoms with Crippen LogP contribution in [0.25, 0.3) is 55.0 Å². The second-order valence-electron chi connectivity index (χ2n) is 15.6. The first-order valence-electron chi connectivity index (χ1n) is 19.0. The molecule has 0 aliphatic heterocycles. The van der Waals surface area contributed by atoms with Crippen molar-refractivity contribution in [2.45, 2.75) is 64.2 Å². The molecule has 256 valence electrons. The molecule has 1 fully saturated rings. The summed E-state index contributed by atoms with van der Waals surface area (Å²) in [5.74, 6) is 0.601. The molecule has 2 heteroatoms. The van der Waals surface area contributed by atoms with E-state index in [-0.39, 0.29) is 5.41 Å². The molecule has 8 aromatic rings. The van der Waals surface area contributed by atoms with Gasteiger partial charge in [0, 0.05) is 33.3 Å². The summed E-state index contributed by atoms with van der Waals surface area (Å²) in [4.78, 5) is 2.45. The average Bonchev–Trinajstić information content (AvgIpc) is 3.57. The van der Waals surface area contributed by atoms with Crippen molar-refractivity contribution in [2.75, 3.05) is 4.90 Å². The molecule has 0 unspecified atom stereocenters. The Morgan fingerprint density at radius 1 is 0.558 bits per heavy atom. The van der Waals surface area contributed by atoms with Crippen molar-refractivity contribution in [3.8, 4) is 22.3 Å². The number of anilines is 3. The van der Waals surface area contributed by atoms with Gasteiger partial charge in [-0.2, -0.15) is 0 Å². The number of para-hydroxylation sites is 3. The van der Waals surface area contributed by atoms with E-state index < -0.39 is 0 Å². The Balaban J connectivity index is 1.25. The van der Waals surface area contributed by atoms with E-state index in [4.69, 9.17) is 4.42 Å². The van der Waals surface area contributed by atoms with Crippen LogP contribution in [0.2, 0.25) is 0 Å². The van der Waals surface area contributed by atoms with Crippen LogP contribution in [0.4, 0.5) is 17.1 Å². The maximum absolute atomic E-state index is 6.52. The van der Waals surface area contributed by atoms with Crippen LogP contribution in [-0.2, 0) is 5.41 Å². The van der Waals surface area contributed by atoms with Gasteiger partial charge in [-0.3, -0.25) is 0 Å². The number of hydrogen-bond donors (Lipinski definition) is 0. The van der Waals surface area contributed by atoms with Gasteiger partial charge in [-0.15, -0.1) is 0 Å². The lowest BCUT2D eigenvalue weighted by Gasteiger charge is -2.30. The highest BCUT2D eigenvalue weighted by atomic mass is 16.3. The molecule has 7 aromatic carbocycles. The van der Waals surface area contributed by atoms with Crippen LogP contribution in [-0.4, -0.2) is 0 Å². The first-order chi connectivity index (χ1) is 25.4. The molecule has 0 bridgehead atoms. The number of fused-ring (bicyclic) bond motifs is 4. The summed E-state index contributed by atoms with van der Waals surface area (Å²) in [5, 5.41) is 5.01. The smallest absolute Gasteiger partial charge is 0.143 e. The SMILES string of the molecule is CC(C)(C)c1ccc(N(c2cccc(-c3cccc4c3oc3ccccc34)c2)c2ccccc2-c2cccc3cccc(C4CCCCC4)c23)cc1. The van der Waals surface area contributed by atoms with Gasteiger partial charge in [0.15, 0.2) is 0 Å². The maximum atomic E-state index is 6.52. The average molecular weight is 676 g/mol. The van der Waals surface area contributed by atoms with E-state index in [1.807, 2.05) is 6.07 Å². The van der Waals surface area contributed by atoms with Crippen molar-refractivity contribution >= 4 is 49.8 Å². The fourth-order valence-electron chi connectivity index (χ4n) is 8.57. The normalized spacial score (nSPS) is 14.0. The summed E-state index contributed by atoms with van der Waals surface area (Å²) in [6, 6.07) is 55.8. The van der Waals surface area contributed by atoms with Gasteiger partial charge in [-0.05, 0) is 93.6 Å². The Morgan fingerprint density at radius 2 is 1.23 bits per heavy atom. The van der Waals surface area contributed by atoms with E-state index in [0.717, 1.165) is 50.1 Å². The summed E-state index contributed by atoms with van der Waals surface area (Å²) in [6.07, 6.45) is 6.52. The zero-order valence-electron chi connectivity index (χ0n) is 30.4. The lowest BCUT2D eigenvalue weighted by atomic mass is 9.80. The van der Waals surface area contributed by atoms with Crippen LogP contribution in [0.1, 0.15) is 69.9 Å². The third-order valence-corrected chi connectivity index (χ3v) is 11.2. The molecule has 9 rings (SSSR count). The molecular weight excluding hydrogens is 631 g/mol. The third kappa shape index (κ3) is 5.77. The summed E-state index contributed by atoms with van der Waals surface area (Å²) in [7, 11) is 0. The van der Waals surface area contributed by atoms with Gasteiger partial charge in [-0.1, -0.05) is 155 Å². The molecule has 0 saturated heterocycles. The van der Waals surface area contributed by atoms with Gasteiger partial charge >= 0.3 is 0 Å². The fourth-order valence-corrected chi connectivity index (χ4v) is 8.57. The minimum Gasteiger partial charge on any atom is -0.455 e. The monoisotopic (exact) mass is 675 g/mol. The van der Waals surface area contributed by atoms with Crippen LogP contribution in [0, 0.1) is 0 Å². The predicted octanol–water partition coefficient (Wildman–Crippen LogP) is 14.9. The van der Waals surface area contributed by atoms with E-state index in [1.54, 1.807) is 0 Å². The first-order valence-corrected chi connectivity index (χ1v) is 19.0. The number of hydrogen-bond acceptors (Lipinski definition) is 2. The maximum Gasteiger partial charge on any atom is 0.143 e. The lowest BCUT2D eigenvalue weighted by Crippen LogP contribution is -2.14. The molecule has 0 radical (unpaired) electrons. The Bertz CT molecular complexity index is 2540. The van der Waals surface area contributed by atoms with Crippen molar-refractivity contribution in [1.82, 2.24) is 0 Å². The largest absolute Gasteiger partial charge is 0.455 e. The predicted molar refractivity (Wildman–Crippen MR) is 221 cm³/mol. The van der Waals surface area contributed by atoms with Gasteiger partial charge in [0.25, 0.3) is 0 Å². The topological polar surface area (TPSA) is 16.4 Å². The van der Waals surface area contributed by atoms with Crippen molar-refractivity contribution in [1.29, 1.82) is 0 Å². The summed E-state index contributed by atoms with van der Waals surface area (Å²) < 4.78 is 6.52. The van der Waals surface area contributed by atoms with Crippen molar-refractivity contribution in [2.24, 2.45) is 0 Å². The minimum absolute atomic E-state index is 0.0604. The molecule has 2 nitrogen and oxygen atoms in total. The molecule has 0 atom stereocenters. The molecule has 1 aliphatic carbocycles. The number of rotatable bonds is 6. The minimum atomic E-state index is 0.0604. The zero-order valence-corrected chi connectivity index (χ0v) is 30.4. The fraction of sp³-hybridized carbons (Fsp3) is 0.200. The van der Waals surface area contributed by atoms with E-state index in [1.165, 1.54) is 65.1 Å². The standard InChI is InChI=1S/C50H45NO/c1-50(2,3)37-29-31-38(32-30-37)51(39-20-11-19-36(33-39)41-24-14-26-45-43-22-8-10-28-47(43)52-49(41)45)46-27-9-7-21-42(46)44-25-13-18-35-17-12-23-40(48(35)44)34-15-5-4-6-16-34/h7-14,17-34H,4-6,15-16H2,1-3H3. The zero-order chi connectivity index (χ0) is 35.2. The van der Waals surface area contributed by atoms with Crippen molar-refractivity contribution in [3.05, 3.63) is 163 Å². The van der Waals surface area contributed by atoms with Crippen LogP contribution in [0.15, 0.2) is 156 Å². The van der Waals surface area contributed by atoms with E-state index in [2.05, 4.69) is 171 Å². The Morgan fingerprint density at radius 3 is 2.06 bits per heavy atom. The van der Waals surface area contributed by atoms with Gasteiger partial charge in [-0.25, -0.2) is 0 Å². The van der Waals surface area contributed by atoms with Crippen LogP contribution in [0.3, 0.4) is 0 Å². The highest BCUT2D eigenvalue weighted by Gasteiger charge is 2.24. The van der Waals surface area contributed by atoms with Gasteiger partial charge in [0.05, 0.1) is 5.69 Å². The lowest BCUT2D eigenvalue weighted by molar-refractivity contribution is 0.445. The number of nitrogens with zero attached hydrogens (tertiary/aromatic N) is 1. The molecule has 1 saturated carbocycles. The van der Waals surface area contributed by atoms with Crippen LogP contribution in [0.5, 0.6) is 0 Å². The third-order valence-electron chi connectivity index (χ3n) is 11.2. The molecular formula is C50H45NO. The first kappa shape index (κ1) is 32.3. The molecule has 0 spiro atoms. The highest BCUT2D eigenvalue weighted by molar-refractivity contribution is 6.10. The van der Waals surface area contributed by atoms with Gasteiger partial charge in [0.2, 0.25) is 0 Å². The Hall–Kier alpha value is -5.60. The number of benzene rings is 7. The van der Waals surface area contributed by atoms with E-state index in [9.17, 15) is 0 Å².